The number of Topliss-reactive ketones (excluding diaryl/α,β-unsaturated/α-hetero) is 1. The molecule has 0 aliphatic carbocycles. The zero-order chi connectivity index (χ0) is 21.3. The second-order valence-corrected chi connectivity index (χ2v) is 7.24. The van der Waals surface area contributed by atoms with Crippen molar-refractivity contribution in [3.8, 4) is 0 Å². The van der Waals surface area contributed by atoms with Gasteiger partial charge in [0.2, 0.25) is 5.78 Å². The van der Waals surface area contributed by atoms with Crippen LogP contribution in [0.25, 0.3) is 0 Å². The molecule has 0 bridgehead atoms. The van der Waals surface area contributed by atoms with Gasteiger partial charge < -0.3 is 9.47 Å². The third-order valence-electron chi connectivity index (χ3n) is 3.79. The Morgan fingerprint density at radius 3 is 2.50 bits per heavy atom. The van der Waals surface area contributed by atoms with E-state index >= 15 is 0 Å². The summed E-state index contributed by atoms with van der Waals surface area (Å²) in [5.41, 5.74) is -1.18. The van der Waals surface area contributed by atoms with Gasteiger partial charge in [-0.3, -0.25) is 4.79 Å². The number of alkyl halides is 4. The Kier molecular flexibility index (Phi) is 6.00. The van der Waals surface area contributed by atoms with Crippen LogP contribution in [0.15, 0.2) is 24.3 Å². The molecule has 1 aliphatic heterocycles. The smallest absolute Gasteiger partial charge is 0.420 e. The lowest BCUT2D eigenvalue weighted by Crippen LogP contribution is -2.43. The molecule has 1 saturated heterocycles. The summed E-state index contributed by atoms with van der Waals surface area (Å²) in [6, 6.07) is 3.91. The van der Waals surface area contributed by atoms with E-state index in [1.165, 1.54) is 12.1 Å². The van der Waals surface area contributed by atoms with Crippen LogP contribution in [-0.2, 0) is 15.9 Å². The van der Waals surface area contributed by atoms with Crippen LogP contribution in [-0.4, -0.2) is 53.5 Å². The van der Waals surface area contributed by atoms with Crippen molar-refractivity contribution < 1.29 is 41.4 Å². The van der Waals surface area contributed by atoms with E-state index in [9.17, 15) is 31.9 Å². The van der Waals surface area contributed by atoms with Crippen molar-refractivity contribution in [1.29, 1.82) is 0 Å². The highest BCUT2D eigenvalue weighted by molar-refractivity contribution is 6.01. The number of rotatable bonds is 5. The van der Waals surface area contributed by atoms with Gasteiger partial charge in [0.05, 0.1) is 6.04 Å². The van der Waals surface area contributed by atoms with Crippen molar-refractivity contribution in [3.05, 3.63) is 35.4 Å². The van der Waals surface area contributed by atoms with Crippen molar-refractivity contribution >= 4 is 18.0 Å². The van der Waals surface area contributed by atoms with Crippen LogP contribution in [0.2, 0.25) is 0 Å². The van der Waals surface area contributed by atoms with Gasteiger partial charge in [-0.25, -0.2) is 23.3 Å². The van der Waals surface area contributed by atoms with E-state index in [1.54, 1.807) is 20.8 Å². The monoisotopic (exact) mass is 405 g/mol. The third kappa shape index (κ3) is 4.79. The second kappa shape index (κ2) is 7.76. The van der Waals surface area contributed by atoms with Gasteiger partial charge in [-0.1, -0.05) is 18.2 Å². The van der Waals surface area contributed by atoms with Gasteiger partial charge in [-0.05, 0) is 38.8 Å². The Bertz CT molecular complexity index is 775. The van der Waals surface area contributed by atoms with Crippen molar-refractivity contribution in [2.45, 2.75) is 51.2 Å². The number of imide groups is 1. The van der Waals surface area contributed by atoms with Crippen LogP contribution in [0.1, 0.15) is 36.7 Å². The van der Waals surface area contributed by atoms with Gasteiger partial charge in [0.25, 0.3) is 0 Å². The molecule has 154 valence electrons. The highest BCUT2D eigenvalue weighted by atomic mass is 19.3. The van der Waals surface area contributed by atoms with Gasteiger partial charge in [0, 0.05) is 5.56 Å². The lowest BCUT2D eigenvalue weighted by Gasteiger charge is -2.25. The Morgan fingerprint density at radius 1 is 1.29 bits per heavy atom. The number of halogens is 4. The molecule has 0 aromatic heterocycles. The molecule has 2 rings (SSSR count). The third-order valence-corrected chi connectivity index (χ3v) is 3.79. The standard InChI is InChI=1S/C18H19F4NO5/c1-17(2,3)28-16(26)23-12(9-27-15(23)25)8-10-5-4-6-11(7-10)13(24)18(21,22)14(19)20/h4-7,12,14H,8-9H2,1-3H3. The Hall–Kier alpha value is -2.65. The van der Waals surface area contributed by atoms with E-state index in [1.807, 2.05) is 0 Å². The Labute approximate surface area is 158 Å². The predicted molar refractivity (Wildman–Crippen MR) is 88.6 cm³/mol. The van der Waals surface area contributed by atoms with Gasteiger partial charge in [-0.15, -0.1) is 0 Å². The first kappa shape index (κ1) is 21.6. The molecule has 1 heterocycles. The molecule has 6 nitrogen and oxygen atoms in total. The summed E-state index contributed by atoms with van der Waals surface area (Å²) in [5.74, 6) is -6.82. The lowest BCUT2D eigenvalue weighted by atomic mass is 9.99. The maximum atomic E-state index is 13.3. The van der Waals surface area contributed by atoms with Crippen LogP contribution in [0.5, 0.6) is 0 Å². The highest BCUT2D eigenvalue weighted by Gasteiger charge is 2.49. The minimum Gasteiger partial charge on any atom is -0.447 e. The molecule has 2 amide bonds. The fourth-order valence-electron chi connectivity index (χ4n) is 2.55. The zero-order valence-corrected chi connectivity index (χ0v) is 15.4. The minimum atomic E-state index is -4.81. The zero-order valence-electron chi connectivity index (χ0n) is 15.4. The predicted octanol–water partition coefficient (Wildman–Crippen LogP) is 4.07. The van der Waals surface area contributed by atoms with Crippen LogP contribution in [0.3, 0.4) is 0 Å². The summed E-state index contributed by atoms with van der Waals surface area (Å²) in [7, 11) is 0. The van der Waals surface area contributed by atoms with Gasteiger partial charge in [0.1, 0.15) is 12.2 Å². The van der Waals surface area contributed by atoms with E-state index in [0.29, 0.717) is 0 Å². The van der Waals surface area contributed by atoms with Gasteiger partial charge in [-0.2, -0.15) is 8.78 Å². The molecule has 0 saturated carbocycles. The molecular weight excluding hydrogens is 386 g/mol. The molecule has 0 spiro atoms. The SMILES string of the molecule is CC(C)(C)OC(=O)N1C(=O)OCC1Cc1cccc(C(=O)C(F)(F)C(F)F)c1. The number of nitrogens with zero attached hydrogens (tertiary/aromatic N) is 1. The van der Waals surface area contributed by atoms with E-state index < -0.39 is 47.5 Å². The maximum absolute atomic E-state index is 13.3. The van der Waals surface area contributed by atoms with Crippen molar-refractivity contribution in [2.75, 3.05) is 6.61 Å². The van der Waals surface area contributed by atoms with E-state index in [-0.39, 0.29) is 18.6 Å². The molecule has 1 aromatic rings. The van der Waals surface area contributed by atoms with Crippen molar-refractivity contribution in [1.82, 2.24) is 4.90 Å². The van der Waals surface area contributed by atoms with Crippen LogP contribution >= 0.6 is 0 Å². The minimum absolute atomic E-state index is 0.0354. The fraction of sp³-hybridized carbons (Fsp3) is 0.500. The number of benzene rings is 1. The van der Waals surface area contributed by atoms with Crippen LogP contribution in [0.4, 0.5) is 27.2 Å². The number of carbonyl (C=O) groups is 3. The molecule has 28 heavy (non-hydrogen) atoms. The fourth-order valence-corrected chi connectivity index (χ4v) is 2.55. The quantitative estimate of drug-likeness (QED) is 0.546. The summed E-state index contributed by atoms with van der Waals surface area (Å²) in [6.07, 6.45) is -6.02. The number of carbonyl (C=O) groups excluding carboxylic acids is 3. The number of ketones is 1. The molecule has 1 fully saturated rings. The summed E-state index contributed by atoms with van der Waals surface area (Å²) >= 11 is 0. The maximum Gasteiger partial charge on any atom is 0.420 e. The first-order valence-corrected chi connectivity index (χ1v) is 8.31. The Balaban J connectivity index is 2.20. The molecule has 1 aliphatic rings. The van der Waals surface area contributed by atoms with Gasteiger partial charge in [0.15, 0.2) is 0 Å². The summed E-state index contributed by atoms with van der Waals surface area (Å²) < 4.78 is 61.4. The molecule has 10 heteroatoms. The molecule has 1 unspecified atom stereocenters. The first-order valence-electron chi connectivity index (χ1n) is 8.31. The lowest BCUT2D eigenvalue weighted by molar-refractivity contribution is -0.0958. The average molecular weight is 405 g/mol. The van der Waals surface area contributed by atoms with E-state index in [2.05, 4.69) is 0 Å². The molecule has 1 aromatic carbocycles. The van der Waals surface area contributed by atoms with Crippen LogP contribution in [0, 0.1) is 0 Å². The van der Waals surface area contributed by atoms with Crippen molar-refractivity contribution in [2.24, 2.45) is 0 Å². The topological polar surface area (TPSA) is 72.9 Å². The largest absolute Gasteiger partial charge is 0.447 e. The summed E-state index contributed by atoms with van der Waals surface area (Å²) in [4.78, 5) is 36.5. The molecule has 0 N–H and O–H groups in total. The highest BCUT2D eigenvalue weighted by Crippen LogP contribution is 2.28. The number of amides is 2. The number of hydrogen-bond acceptors (Lipinski definition) is 5. The van der Waals surface area contributed by atoms with E-state index in [0.717, 1.165) is 17.0 Å². The summed E-state index contributed by atoms with van der Waals surface area (Å²) in [5, 5.41) is 0. The Morgan fingerprint density at radius 2 is 1.93 bits per heavy atom. The van der Waals surface area contributed by atoms with Crippen molar-refractivity contribution in [3.63, 3.8) is 0 Å². The average Bonchev–Trinajstić information content (AvgIpc) is 2.93. The number of ether oxygens (including phenoxy) is 2. The van der Waals surface area contributed by atoms with Crippen LogP contribution < -0.4 is 0 Å². The van der Waals surface area contributed by atoms with Gasteiger partial charge >= 0.3 is 24.5 Å². The summed E-state index contributed by atoms with van der Waals surface area (Å²) in [6.45, 7) is 4.67. The molecule has 0 radical (unpaired) electrons. The normalized spacial score (nSPS) is 17.6. The second-order valence-electron chi connectivity index (χ2n) is 7.24. The molecular formula is C18H19F4NO5. The van der Waals surface area contributed by atoms with E-state index in [4.69, 9.17) is 9.47 Å². The number of cyclic esters (lactones) is 1. The first-order chi connectivity index (χ1) is 12.8. The number of hydrogen-bond donors (Lipinski definition) is 0. The molecule has 1 atom stereocenters.